The van der Waals surface area contributed by atoms with Crippen LogP contribution in [-0.4, -0.2) is 29.8 Å². The van der Waals surface area contributed by atoms with E-state index in [1.165, 1.54) is 25.7 Å². The molecular weight excluding hydrogens is 250 g/mol. The van der Waals surface area contributed by atoms with Gasteiger partial charge in [-0.3, -0.25) is 0 Å². The zero-order valence-electron chi connectivity index (χ0n) is 13.2. The summed E-state index contributed by atoms with van der Waals surface area (Å²) < 4.78 is 7.40. The van der Waals surface area contributed by atoms with Crippen molar-refractivity contribution in [2.45, 2.75) is 52.5 Å². The van der Waals surface area contributed by atoms with Crippen LogP contribution in [0.1, 0.15) is 44.7 Å². The molecule has 1 aromatic heterocycles. The van der Waals surface area contributed by atoms with E-state index in [1.54, 1.807) is 7.11 Å². The van der Waals surface area contributed by atoms with E-state index in [-0.39, 0.29) is 0 Å². The fraction of sp³-hybridized carbons (Fsp3) is 0.812. The fourth-order valence-electron chi connectivity index (χ4n) is 3.16. The second kappa shape index (κ2) is 7.67. The highest BCUT2D eigenvalue weighted by Gasteiger charge is 2.22. The van der Waals surface area contributed by atoms with Crippen LogP contribution in [0.5, 0.6) is 0 Å². The van der Waals surface area contributed by atoms with Crippen LogP contribution in [0.15, 0.2) is 6.20 Å². The maximum atomic E-state index is 5.08. The Labute approximate surface area is 122 Å². The number of rotatable bonds is 7. The second-order valence-corrected chi connectivity index (χ2v) is 6.15. The first-order chi connectivity index (χ1) is 9.70. The third kappa shape index (κ3) is 4.23. The summed E-state index contributed by atoms with van der Waals surface area (Å²) in [4.78, 5) is 4.61. The molecule has 0 radical (unpaired) electrons. The van der Waals surface area contributed by atoms with Crippen LogP contribution < -0.4 is 5.32 Å². The van der Waals surface area contributed by atoms with Crippen molar-refractivity contribution in [3.63, 3.8) is 0 Å². The molecule has 0 aromatic carbocycles. The molecule has 1 aromatic rings. The predicted octanol–water partition coefficient (Wildman–Crippen LogP) is 3.47. The van der Waals surface area contributed by atoms with Crippen molar-refractivity contribution in [3.05, 3.63) is 11.9 Å². The molecule has 0 aliphatic heterocycles. The normalized spacial score (nSPS) is 22.9. The van der Waals surface area contributed by atoms with Crippen molar-refractivity contribution in [3.8, 4) is 0 Å². The van der Waals surface area contributed by atoms with Crippen LogP contribution in [0, 0.1) is 18.8 Å². The number of aromatic nitrogens is 2. The first kappa shape index (κ1) is 15.4. The Balaban J connectivity index is 1.92. The molecule has 4 heteroatoms. The molecular formula is C16H29N3O. The Morgan fingerprint density at radius 2 is 2.20 bits per heavy atom. The largest absolute Gasteiger partial charge is 0.385 e. The van der Waals surface area contributed by atoms with Crippen LogP contribution in [0.3, 0.4) is 0 Å². The van der Waals surface area contributed by atoms with Gasteiger partial charge in [0.1, 0.15) is 0 Å². The molecule has 2 unspecified atom stereocenters. The number of anilines is 1. The van der Waals surface area contributed by atoms with Gasteiger partial charge in [-0.25, -0.2) is 4.98 Å². The van der Waals surface area contributed by atoms with E-state index in [0.29, 0.717) is 0 Å². The molecule has 1 heterocycles. The Bertz CT molecular complexity index is 402. The van der Waals surface area contributed by atoms with Gasteiger partial charge in [0.15, 0.2) is 0 Å². The van der Waals surface area contributed by atoms with Gasteiger partial charge in [-0.1, -0.05) is 26.2 Å². The topological polar surface area (TPSA) is 39.1 Å². The lowest BCUT2D eigenvalue weighted by atomic mass is 9.80. The Morgan fingerprint density at radius 1 is 1.40 bits per heavy atom. The number of ether oxygens (including phenoxy) is 1. The molecule has 0 amide bonds. The summed E-state index contributed by atoms with van der Waals surface area (Å²) in [7, 11) is 1.75. The van der Waals surface area contributed by atoms with E-state index >= 15 is 0 Å². The first-order valence-electron chi connectivity index (χ1n) is 7.97. The second-order valence-electron chi connectivity index (χ2n) is 6.15. The number of aryl methyl sites for hydroxylation is 1. The summed E-state index contributed by atoms with van der Waals surface area (Å²) in [6.45, 7) is 7.30. The maximum absolute atomic E-state index is 5.08. The van der Waals surface area contributed by atoms with Gasteiger partial charge >= 0.3 is 0 Å². The minimum Gasteiger partial charge on any atom is -0.385 e. The summed E-state index contributed by atoms with van der Waals surface area (Å²) >= 11 is 0. The lowest BCUT2D eigenvalue weighted by Crippen LogP contribution is -2.22. The molecule has 1 aliphatic carbocycles. The van der Waals surface area contributed by atoms with Gasteiger partial charge in [0.2, 0.25) is 5.95 Å². The van der Waals surface area contributed by atoms with E-state index in [2.05, 4.69) is 34.9 Å². The van der Waals surface area contributed by atoms with Crippen molar-refractivity contribution in [2.75, 3.05) is 25.6 Å². The summed E-state index contributed by atoms with van der Waals surface area (Å²) in [5, 5.41) is 3.45. The number of hydrogen-bond acceptors (Lipinski definition) is 3. The highest BCUT2D eigenvalue weighted by Crippen LogP contribution is 2.31. The molecule has 20 heavy (non-hydrogen) atoms. The zero-order valence-corrected chi connectivity index (χ0v) is 13.2. The van der Waals surface area contributed by atoms with Gasteiger partial charge < -0.3 is 14.6 Å². The molecule has 0 saturated heterocycles. The fourth-order valence-corrected chi connectivity index (χ4v) is 3.16. The average Bonchev–Trinajstić information content (AvgIpc) is 2.78. The molecule has 114 valence electrons. The van der Waals surface area contributed by atoms with Gasteiger partial charge in [0.05, 0.1) is 5.69 Å². The van der Waals surface area contributed by atoms with Crippen molar-refractivity contribution in [2.24, 2.45) is 11.8 Å². The Hall–Kier alpha value is -1.03. The number of hydrogen-bond donors (Lipinski definition) is 1. The summed E-state index contributed by atoms with van der Waals surface area (Å²) in [6.07, 6.45) is 8.74. The van der Waals surface area contributed by atoms with Crippen molar-refractivity contribution >= 4 is 5.95 Å². The summed E-state index contributed by atoms with van der Waals surface area (Å²) in [5.41, 5.74) is 1.10. The van der Waals surface area contributed by atoms with E-state index in [9.17, 15) is 0 Å². The van der Waals surface area contributed by atoms with Crippen LogP contribution in [0.4, 0.5) is 5.95 Å². The number of imidazole rings is 1. The van der Waals surface area contributed by atoms with Gasteiger partial charge in [0, 0.05) is 33.0 Å². The van der Waals surface area contributed by atoms with E-state index in [1.807, 2.05) is 0 Å². The molecule has 2 atom stereocenters. The Kier molecular flexibility index (Phi) is 5.89. The van der Waals surface area contributed by atoms with Gasteiger partial charge in [0.25, 0.3) is 0 Å². The molecule has 2 rings (SSSR count). The number of nitrogens with one attached hydrogen (secondary N) is 1. The molecule has 1 N–H and O–H groups in total. The molecule has 0 bridgehead atoms. The quantitative estimate of drug-likeness (QED) is 0.777. The average molecular weight is 279 g/mol. The van der Waals surface area contributed by atoms with E-state index in [0.717, 1.165) is 49.6 Å². The van der Waals surface area contributed by atoms with Crippen LogP contribution in [-0.2, 0) is 11.3 Å². The first-order valence-corrected chi connectivity index (χ1v) is 7.97. The van der Waals surface area contributed by atoms with Gasteiger partial charge in [-0.15, -0.1) is 0 Å². The number of methoxy groups -OCH3 is 1. The van der Waals surface area contributed by atoms with Crippen molar-refractivity contribution in [1.29, 1.82) is 0 Å². The highest BCUT2D eigenvalue weighted by molar-refractivity contribution is 5.28. The van der Waals surface area contributed by atoms with Crippen molar-refractivity contribution < 1.29 is 4.74 Å². The van der Waals surface area contributed by atoms with E-state index in [4.69, 9.17) is 4.74 Å². The predicted molar refractivity (Wildman–Crippen MR) is 83.1 cm³/mol. The van der Waals surface area contributed by atoms with Crippen LogP contribution >= 0.6 is 0 Å². The lowest BCUT2D eigenvalue weighted by Gasteiger charge is -2.29. The molecule has 0 spiro atoms. The van der Waals surface area contributed by atoms with Crippen LogP contribution in [0.2, 0.25) is 0 Å². The third-order valence-electron chi connectivity index (χ3n) is 4.43. The van der Waals surface area contributed by atoms with E-state index < -0.39 is 0 Å². The SMILES string of the molecule is COCCCNc1nc(C)cn1CC1CCCCC1C. The maximum Gasteiger partial charge on any atom is 0.203 e. The minimum absolute atomic E-state index is 0.798. The summed E-state index contributed by atoms with van der Waals surface area (Å²) in [5.74, 6) is 2.67. The van der Waals surface area contributed by atoms with Gasteiger partial charge in [-0.2, -0.15) is 0 Å². The highest BCUT2D eigenvalue weighted by atomic mass is 16.5. The molecule has 1 fully saturated rings. The number of nitrogens with zero attached hydrogens (tertiary/aromatic N) is 2. The zero-order chi connectivity index (χ0) is 14.4. The standard InChI is InChI=1S/C16H29N3O/c1-13-7-4-5-8-15(13)12-19-11-14(2)18-16(19)17-9-6-10-20-3/h11,13,15H,4-10,12H2,1-3H3,(H,17,18). The monoisotopic (exact) mass is 279 g/mol. The molecule has 1 aliphatic rings. The molecule has 1 saturated carbocycles. The van der Waals surface area contributed by atoms with Crippen LogP contribution in [0.25, 0.3) is 0 Å². The Morgan fingerprint density at radius 3 is 2.95 bits per heavy atom. The lowest BCUT2D eigenvalue weighted by molar-refractivity contribution is 0.197. The van der Waals surface area contributed by atoms with Crippen molar-refractivity contribution in [1.82, 2.24) is 9.55 Å². The molecule has 4 nitrogen and oxygen atoms in total. The van der Waals surface area contributed by atoms with Gasteiger partial charge in [-0.05, 0) is 31.6 Å². The third-order valence-corrected chi connectivity index (χ3v) is 4.43. The smallest absolute Gasteiger partial charge is 0.203 e. The minimum atomic E-state index is 0.798. The summed E-state index contributed by atoms with van der Waals surface area (Å²) in [6, 6.07) is 0.